The summed E-state index contributed by atoms with van der Waals surface area (Å²) in [6.07, 6.45) is 0. The quantitative estimate of drug-likeness (QED) is 0.694. The highest BCUT2D eigenvalue weighted by molar-refractivity contribution is 7.80. The number of benzene rings is 1. The van der Waals surface area contributed by atoms with Crippen molar-refractivity contribution in [3.63, 3.8) is 0 Å². The van der Waals surface area contributed by atoms with Crippen LogP contribution in [-0.4, -0.2) is 5.75 Å². The Morgan fingerprint density at radius 2 is 1.75 bits per heavy atom. The predicted molar refractivity (Wildman–Crippen MR) is 58.3 cm³/mol. The van der Waals surface area contributed by atoms with E-state index in [1.54, 1.807) is 0 Å². The Labute approximate surface area is 84.3 Å². The molecule has 0 bridgehead atoms. The Balaban J connectivity index is 2.96. The summed E-state index contributed by atoms with van der Waals surface area (Å²) in [5, 5.41) is 0.786. The van der Waals surface area contributed by atoms with E-state index in [1.807, 2.05) is 12.1 Å². The molecule has 0 aliphatic heterocycles. The van der Waals surface area contributed by atoms with Crippen molar-refractivity contribution in [3.8, 4) is 0 Å². The average Bonchev–Trinajstić information content (AvgIpc) is 2.05. The lowest BCUT2D eigenvalue weighted by Crippen LogP contribution is -2.18. The predicted octanol–water partition coefficient (Wildman–Crippen LogP) is 3.55. The third-order valence-electron chi connectivity index (χ3n) is 2.02. The second-order valence-corrected chi connectivity index (χ2v) is 4.30. The molecule has 12 heavy (non-hydrogen) atoms. The standard InChI is InChI=1S/C10H13ClS/c1-10(2,7-12)8-3-5-9(11)6-4-8/h3-6,12H,7H2,1-2H3. The van der Waals surface area contributed by atoms with Crippen molar-refractivity contribution in [1.29, 1.82) is 0 Å². The van der Waals surface area contributed by atoms with E-state index in [-0.39, 0.29) is 5.41 Å². The van der Waals surface area contributed by atoms with E-state index in [0.29, 0.717) is 0 Å². The third-order valence-corrected chi connectivity index (χ3v) is 3.06. The minimum Gasteiger partial charge on any atom is -0.178 e. The zero-order valence-corrected chi connectivity index (χ0v) is 8.99. The molecule has 66 valence electrons. The number of hydrogen-bond acceptors (Lipinski definition) is 1. The van der Waals surface area contributed by atoms with Gasteiger partial charge in [-0.3, -0.25) is 0 Å². The average molecular weight is 201 g/mol. The Morgan fingerprint density at radius 3 is 2.17 bits per heavy atom. The van der Waals surface area contributed by atoms with Gasteiger partial charge in [-0.2, -0.15) is 12.6 Å². The van der Waals surface area contributed by atoms with Gasteiger partial charge in [0.15, 0.2) is 0 Å². The van der Waals surface area contributed by atoms with Crippen LogP contribution in [0.2, 0.25) is 5.02 Å². The zero-order chi connectivity index (χ0) is 9.19. The van der Waals surface area contributed by atoms with E-state index >= 15 is 0 Å². The van der Waals surface area contributed by atoms with E-state index in [4.69, 9.17) is 11.6 Å². The number of rotatable bonds is 2. The summed E-state index contributed by atoms with van der Waals surface area (Å²) >= 11 is 10.1. The lowest BCUT2D eigenvalue weighted by Gasteiger charge is -2.22. The molecule has 0 saturated carbocycles. The molecule has 0 aliphatic rings. The molecule has 0 unspecified atom stereocenters. The van der Waals surface area contributed by atoms with Crippen molar-refractivity contribution in [2.75, 3.05) is 5.75 Å². The first-order chi connectivity index (χ1) is 5.56. The first-order valence-corrected chi connectivity index (χ1v) is 4.94. The highest BCUT2D eigenvalue weighted by Crippen LogP contribution is 2.25. The smallest absolute Gasteiger partial charge is 0.0406 e. The fourth-order valence-electron chi connectivity index (χ4n) is 0.992. The molecule has 0 amide bonds. The molecule has 0 radical (unpaired) electrons. The van der Waals surface area contributed by atoms with Crippen LogP contribution in [-0.2, 0) is 5.41 Å². The maximum absolute atomic E-state index is 5.79. The summed E-state index contributed by atoms with van der Waals surface area (Å²) in [7, 11) is 0. The number of thiol groups is 1. The topological polar surface area (TPSA) is 0 Å². The summed E-state index contributed by atoms with van der Waals surface area (Å²) in [6.45, 7) is 4.34. The molecule has 0 aliphatic carbocycles. The van der Waals surface area contributed by atoms with Gasteiger partial charge in [0.2, 0.25) is 0 Å². The van der Waals surface area contributed by atoms with Crippen molar-refractivity contribution in [2.45, 2.75) is 19.3 Å². The van der Waals surface area contributed by atoms with Crippen LogP contribution in [0.4, 0.5) is 0 Å². The van der Waals surface area contributed by atoms with Gasteiger partial charge in [-0.1, -0.05) is 37.6 Å². The minimum absolute atomic E-state index is 0.133. The number of hydrogen-bond donors (Lipinski definition) is 1. The fraction of sp³-hybridized carbons (Fsp3) is 0.400. The maximum atomic E-state index is 5.79. The van der Waals surface area contributed by atoms with Gasteiger partial charge in [0, 0.05) is 5.02 Å². The minimum atomic E-state index is 0.133. The first-order valence-electron chi connectivity index (χ1n) is 3.93. The molecule has 2 heteroatoms. The summed E-state index contributed by atoms with van der Waals surface area (Å²) in [5.41, 5.74) is 1.41. The molecule has 0 fully saturated rings. The molecular formula is C10H13ClS. The molecule has 0 aromatic heterocycles. The second kappa shape index (κ2) is 3.71. The molecular weight excluding hydrogens is 188 g/mol. The van der Waals surface area contributed by atoms with Crippen molar-refractivity contribution >= 4 is 24.2 Å². The Morgan fingerprint density at radius 1 is 1.25 bits per heavy atom. The Bertz CT molecular complexity index is 251. The van der Waals surface area contributed by atoms with Crippen LogP contribution in [0.15, 0.2) is 24.3 Å². The van der Waals surface area contributed by atoms with Crippen LogP contribution < -0.4 is 0 Å². The Hall–Kier alpha value is -0.140. The van der Waals surface area contributed by atoms with Crippen LogP contribution in [0.3, 0.4) is 0 Å². The van der Waals surface area contributed by atoms with Gasteiger partial charge < -0.3 is 0 Å². The van der Waals surface area contributed by atoms with Gasteiger partial charge in [0.25, 0.3) is 0 Å². The molecule has 1 aromatic carbocycles. The molecule has 1 rings (SSSR count). The van der Waals surface area contributed by atoms with Gasteiger partial charge >= 0.3 is 0 Å². The highest BCUT2D eigenvalue weighted by Gasteiger charge is 2.17. The Kier molecular flexibility index (Phi) is 3.08. The molecule has 0 nitrogen and oxygen atoms in total. The van der Waals surface area contributed by atoms with E-state index in [9.17, 15) is 0 Å². The lowest BCUT2D eigenvalue weighted by molar-refractivity contribution is 0.604. The summed E-state index contributed by atoms with van der Waals surface area (Å²) in [5.74, 6) is 0.842. The van der Waals surface area contributed by atoms with Gasteiger partial charge in [-0.25, -0.2) is 0 Å². The molecule has 0 heterocycles. The van der Waals surface area contributed by atoms with Crippen LogP contribution in [0.25, 0.3) is 0 Å². The SMILES string of the molecule is CC(C)(CS)c1ccc(Cl)cc1. The van der Waals surface area contributed by atoms with Crippen LogP contribution in [0.5, 0.6) is 0 Å². The molecule has 0 atom stereocenters. The van der Waals surface area contributed by atoms with E-state index in [0.717, 1.165) is 10.8 Å². The summed E-state index contributed by atoms with van der Waals surface area (Å²) < 4.78 is 0. The largest absolute Gasteiger partial charge is 0.178 e. The van der Waals surface area contributed by atoms with Crippen molar-refractivity contribution in [3.05, 3.63) is 34.9 Å². The van der Waals surface area contributed by atoms with E-state index in [1.165, 1.54) is 5.56 Å². The van der Waals surface area contributed by atoms with E-state index < -0.39 is 0 Å². The van der Waals surface area contributed by atoms with Gasteiger partial charge in [-0.05, 0) is 28.9 Å². The van der Waals surface area contributed by atoms with Crippen LogP contribution in [0.1, 0.15) is 19.4 Å². The fourth-order valence-corrected chi connectivity index (χ4v) is 1.30. The van der Waals surface area contributed by atoms with Crippen molar-refractivity contribution in [1.82, 2.24) is 0 Å². The summed E-state index contributed by atoms with van der Waals surface area (Å²) in [4.78, 5) is 0. The first kappa shape index (κ1) is 9.94. The zero-order valence-electron chi connectivity index (χ0n) is 7.34. The molecule has 0 saturated heterocycles. The second-order valence-electron chi connectivity index (χ2n) is 3.55. The molecule has 0 N–H and O–H groups in total. The van der Waals surface area contributed by atoms with Gasteiger partial charge in [0.1, 0.15) is 0 Å². The maximum Gasteiger partial charge on any atom is 0.0406 e. The van der Waals surface area contributed by atoms with Gasteiger partial charge in [0.05, 0.1) is 0 Å². The third kappa shape index (κ3) is 2.18. The lowest BCUT2D eigenvalue weighted by atomic mass is 9.87. The monoisotopic (exact) mass is 200 g/mol. The van der Waals surface area contributed by atoms with E-state index in [2.05, 4.69) is 38.6 Å². The van der Waals surface area contributed by atoms with Gasteiger partial charge in [-0.15, -0.1) is 0 Å². The highest BCUT2D eigenvalue weighted by atomic mass is 35.5. The molecule has 1 aromatic rings. The van der Waals surface area contributed by atoms with Crippen LogP contribution >= 0.6 is 24.2 Å². The van der Waals surface area contributed by atoms with Crippen molar-refractivity contribution in [2.24, 2.45) is 0 Å². The summed E-state index contributed by atoms with van der Waals surface area (Å²) in [6, 6.07) is 7.95. The van der Waals surface area contributed by atoms with Crippen molar-refractivity contribution < 1.29 is 0 Å². The normalized spacial score (nSPS) is 11.7. The number of halogens is 1. The van der Waals surface area contributed by atoms with Crippen LogP contribution in [0, 0.1) is 0 Å². The molecule has 0 spiro atoms.